The second-order valence-electron chi connectivity index (χ2n) is 8.50. The Hall–Kier alpha value is -2.61. The van der Waals surface area contributed by atoms with Crippen molar-refractivity contribution in [3.63, 3.8) is 0 Å². The number of carbonyl (C=O) groups excluding carboxylic acids is 1. The molecule has 0 bridgehead atoms. The molecule has 3 heterocycles. The monoisotopic (exact) mass is 418 g/mol. The number of nitrogens with zero attached hydrogens (tertiary/aromatic N) is 3. The molecule has 2 aromatic heterocycles. The maximum Gasteiger partial charge on any atom is 0.259 e. The highest BCUT2D eigenvalue weighted by Gasteiger charge is 2.34. The molecule has 3 rings (SSSR count). The van der Waals surface area contributed by atoms with Gasteiger partial charge in [0.15, 0.2) is 0 Å². The van der Waals surface area contributed by atoms with E-state index in [2.05, 4.69) is 15.3 Å². The summed E-state index contributed by atoms with van der Waals surface area (Å²) in [4.78, 5) is 23.5. The summed E-state index contributed by atoms with van der Waals surface area (Å²) < 4.78 is 35.0. The van der Waals surface area contributed by atoms with E-state index in [9.17, 15) is 13.6 Å². The number of hydrogen-bond acceptors (Lipinski definition) is 5. The molecular weight excluding hydrogens is 390 g/mol. The van der Waals surface area contributed by atoms with E-state index in [0.29, 0.717) is 35.8 Å². The molecule has 162 valence electrons. The molecule has 1 atom stereocenters. The van der Waals surface area contributed by atoms with Gasteiger partial charge in [-0.3, -0.25) is 9.78 Å². The molecule has 1 aliphatic heterocycles. The highest BCUT2D eigenvalue weighted by atomic mass is 19.1. The normalized spacial score (nSPS) is 20.0. The van der Waals surface area contributed by atoms with Crippen LogP contribution in [0.25, 0.3) is 0 Å². The summed E-state index contributed by atoms with van der Waals surface area (Å²) >= 11 is 0. The van der Waals surface area contributed by atoms with Crippen molar-refractivity contribution in [2.75, 3.05) is 36.5 Å². The number of anilines is 2. The van der Waals surface area contributed by atoms with Crippen LogP contribution in [0.1, 0.15) is 48.0 Å². The number of rotatable bonds is 4. The highest BCUT2D eigenvalue weighted by molar-refractivity contribution is 6.09. The summed E-state index contributed by atoms with van der Waals surface area (Å²) in [5.74, 6) is -0.115. The van der Waals surface area contributed by atoms with E-state index in [-0.39, 0.29) is 18.7 Å². The van der Waals surface area contributed by atoms with Crippen molar-refractivity contribution < 1.29 is 18.3 Å². The van der Waals surface area contributed by atoms with Crippen LogP contribution in [0.3, 0.4) is 0 Å². The zero-order chi connectivity index (χ0) is 22.1. The predicted molar refractivity (Wildman–Crippen MR) is 113 cm³/mol. The van der Waals surface area contributed by atoms with Gasteiger partial charge in [-0.25, -0.2) is 13.8 Å². The Balaban J connectivity index is 2.08. The molecular formula is C22H28F2N4O2. The van der Waals surface area contributed by atoms with Gasteiger partial charge in [-0.2, -0.15) is 0 Å². The Kier molecular flexibility index (Phi) is 6.08. The van der Waals surface area contributed by atoms with E-state index in [0.717, 1.165) is 5.69 Å². The summed E-state index contributed by atoms with van der Waals surface area (Å²) in [6.45, 7) is 8.47. The van der Waals surface area contributed by atoms with Crippen molar-refractivity contribution in [3.05, 3.63) is 46.9 Å². The number of alkyl halides is 2. The zero-order valence-electron chi connectivity index (χ0n) is 18.1. The number of pyridine rings is 2. The molecule has 0 radical (unpaired) electrons. The summed E-state index contributed by atoms with van der Waals surface area (Å²) in [5, 5.41) is 2.84. The molecule has 1 fully saturated rings. The van der Waals surface area contributed by atoms with Crippen molar-refractivity contribution in [2.45, 2.75) is 46.0 Å². The molecule has 2 aromatic rings. The lowest BCUT2D eigenvalue weighted by atomic mass is 9.93. The van der Waals surface area contributed by atoms with Crippen LogP contribution in [-0.2, 0) is 10.4 Å². The van der Waals surface area contributed by atoms with Crippen LogP contribution < -0.4 is 10.2 Å². The minimum Gasteiger partial charge on any atom is -0.376 e. The van der Waals surface area contributed by atoms with Crippen LogP contribution in [-0.4, -0.2) is 47.8 Å². The van der Waals surface area contributed by atoms with Crippen molar-refractivity contribution in [1.82, 2.24) is 9.97 Å². The third-order valence-corrected chi connectivity index (χ3v) is 5.07. The van der Waals surface area contributed by atoms with Crippen LogP contribution in [0, 0.1) is 13.8 Å². The van der Waals surface area contributed by atoms with Crippen molar-refractivity contribution in [1.29, 1.82) is 0 Å². The molecule has 1 aliphatic rings. The summed E-state index contributed by atoms with van der Waals surface area (Å²) in [5.41, 5.74) is -0.950. The van der Waals surface area contributed by atoms with Gasteiger partial charge in [-0.15, -0.1) is 0 Å². The fourth-order valence-electron chi connectivity index (χ4n) is 3.68. The van der Waals surface area contributed by atoms with E-state index in [1.807, 2.05) is 6.92 Å². The first-order valence-corrected chi connectivity index (χ1v) is 9.92. The lowest BCUT2D eigenvalue weighted by Crippen LogP contribution is -2.40. The minimum absolute atomic E-state index is 0.0203. The summed E-state index contributed by atoms with van der Waals surface area (Å²) in [6, 6.07) is 3.41. The number of amides is 1. The molecule has 0 aromatic carbocycles. The van der Waals surface area contributed by atoms with Gasteiger partial charge in [0.1, 0.15) is 17.2 Å². The Labute approximate surface area is 175 Å². The minimum atomic E-state index is -1.69. The van der Waals surface area contributed by atoms with Gasteiger partial charge in [0, 0.05) is 35.9 Å². The molecule has 8 heteroatoms. The molecule has 1 amide bonds. The third kappa shape index (κ3) is 4.92. The first-order valence-electron chi connectivity index (χ1n) is 9.92. The molecule has 1 N–H and O–H groups in total. The predicted octanol–water partition coefficient (Wildman–Crippen LogP) is 4.12. The van der Waals surface area contributed by atoms with E-state index >= 15 is 0 Å². The van der Waals surface area contributed by atoms with Crippen molar-refractivity contribution >= 4 is 17.4 Å². The van der Waals surface area contributed by atoms with E-state index in [1.165, 1.54) is 27.0 Å². The van der Waals surface area contributed by atoms with Crippen LogP contribution >= 0.6 is 0 Å². The Morgan fingerprint density at radius 1 is 1.33 bits per heavy atom. The number of nitrogens with one attached hydrogen (secondary N) is 1. The molecule has 0 aliphatic carbocycles. The number of ether oxygens (including phenoxy) is 1. The lowest BCUT2D eigenvalue weighted by molar-refractivity contribution is 0.0508. The second kappa shape index (κ2) is 8.26. The van der Waals surface area contributed by atoms with Gasteiger partial charge in [0.25, 0.3) is 5.91 Å². The Morgan fingerprint density at radius 3 is 2.73 bits per heavy atom. The third-order valence-electron chi connectivity index (χ3n) is 5.07. The molecule has 1 saturated heterocycles. The van der Waals surface area contributed by atoms with Crippen LogP contribution in [0.15, 0.2) is 24.5 Å². The average Bonchev–Trinajstić information content (AvgIpc) is 2.80. The number of aromatic nitrogens is 2. The quantitative estimate of drug-likeness (QED) is 0.809. The molecule has 6 nitrogen and oxygen atoms in total. The SMILES string of the molecule is Cc1cc(NC(=O)c2c(N3CCOCC(C)(F)C3)ncc(C(C)(C)F)c2C)ccn1. The first-order chi connectivity index (χ1) is 14.0. The number of carbonyl (C=O) groups is 1. The lowest BCUT2D eigenvalue weighted by Gasteiger charge is -2.30. The number of hydrogen-bond donors (Lipinski definition) is 1. The molecule has 0 saturated carbocycles. The molecule has 1 unspecified atom stereocenters. The van der Waals surface area contributed by atoms with Gasteiger partial charge in [0.2, 0.25) is 0 Å². The van der Waals surface area contributed by atoms with E-state index < -0.39 is 17.2 Å². The van der Waals surface area contributed by atoms with Gasteiger partial charge in [-0.05, 0) is 52.3 Å². The van der Waals surface area contributed by atoms with E-state index in [4.69, 9.17) is 4.74 Å². The van der Waals surface area contributed by atoms with Gasteiger partial charge in [0.05, 0.1) is 25.3 Å². The Morgan fingerprint density at radius 2 is 2.07 bits per heavy atom. The summed E-state index contributed by atoms with van der Waals surface area (Å²) in [6.07, 6.45) is 3.03. The smallest absolute Gasteiger partial charge is 0.259 e. The van der Waals surface area contributed by atoms with Gasteiger partial charge in [-0.1, -0.05) is 0 Å². The van der Waals surface area contributed by atoms with E-state index in [1.54, 1.807) is 30.2 Å². The van der Waals surface area contributed by atoms with Crippen molar-refractivity contribution in [3.8, 4) is 0 Å². The summed E-state index contributed by atoms with van der Waals surface area (Å²) in [7, 11) is 0. The number of aryl methyl sites for hydroxylation is 1. The maximum atomic E-state index is 14.8. The van der Waals surface area contributed by atoms with Gasteiger partial charge >= 0.3 is 0 Å². The fraction of sp³-hybridized carbons (Fsp3) is 0.500. The fourth-order valence-corrected chi connectivity index (χ4v) is 3.68. The Bertz CT molecular complexity index is 941. The zero-order valence-corrected chi connectivity index (χ0v) is 18.1. The maximum absolute atomic E-state index is 14.8. The topological polar surface area (TPSA) is 67.4 Å². The van der Waals surface area contributed by atoms with Gasteiger partial charge < -0.3 is 15.0 Å². The van der Waals surface area contributed by atoms with Crippen LogP contribution in [0.2, 0.25) is 0 Å². The highest BCUT2D eigenvalue weighted by Crippen LogP contribution is 2.34. The van der Waals surface area contributed by atoms with Crippen LogP contribution in [0.4, 0.5) is 20.3 Å². The largest absolute Gasteiger partial charge is 0.376 e. The van der Waals surface area contributed by atoms with Crippen LogP contribution in [0.5, 0.6) is 0 Å². The number of halogens is 2. The molecule has 30 heavy (non-hydrogen) atoms. The average molecular weight is 418 g/mol. The van der Waals surface area contributed by atoms with Crippen molar-refractivity contribution in [2.24, 2.45) is 0 Å². The first kappa shape index (κ1) is 22.1. The second-order valence-corrected chi connectivity index (χ2v) is 8.50. The molecule has 0 spiro atoms. The standard InChI is InChI=1S/C22H28F2N4O2/c1-14-10-16(6-7-25-14)27-20(29)18-15(2)17(21(3,4)23)11-26-19(18)28-8-9-30-13-22(5,24)12-28/h6-7,10-11H,8-9,12-13H2,1-5H3,(H,25,27,29).